The smallest absolute Gasteiger partial charge is 0.274 e. The number of amides is 2. The van der Waals surface area contributed by atoms with E-state index in [0.29, 0.717) is 44.0 Å². The number of H-pyrrole nitrogens is 1. The van der Waals surface area contributed by atoms with Crippen LogP contribution in [0.25, 0.3) is 0 Å². The lowest BCUT2D eigenvalue weighted by atomic mass is 10.1. The van der Waals surface area contributed by atoms with E-state index in [-0.39, 0.29) is 11.8 Å². The number of carbonyl (C=O) groups is 2. The molecular weight excluding hydrogens is 346 g/mol. The van der Waals surface area contributed by atoms with Crippen molar-refractivity contribution in [2.75, 3.05) is 39.8 Å². The molecule has 0 radical (unpaired) electrons. The third-order valence-electron chi connectivity index (χ3n) is 5.20. The first-order valence-electron chi connectivity index (χ1n) is 9.17. The van der Waals surface area contributed by atoms with Gasteiger partial charge in [0.25, 0.3) is 11.8 Å². The molecule has 1 fully saturated rings. The van der Waals surface area contributed by atoms with Crippen molar-refractivity contribution in [3.8, 4) is 5.75 Å². The third-order valence-corrected chi connectivity index (χ3v) is 5.20. The van der Waals surface area contributed by atoms with E-state index in [1.165, 1.54) is 0 Å². The number of carbonyl (C=O) groups excluding carboxylic acids is 2. The van der Waals surface area contributed by atoms with E-state index in [0.717, 1.165) is 30.0 Å². The van der Waals surface area contributed by atoms with Gasteiger partial charge in [0.15, 0.2) is 5.69 Å². The summed E-state index contributed by atoms with van der Waals surface area (Å²) in [5, 5.41) is 10.5. The Morgan fingerprint density at radius 1 is 1.04 bits per heavy atom. The van der Waals surface area contributed by atoms with E-state index in [1.807, 2.05) is 0 Å². The minimum atomic E-state index is -0.0623. The Morgan fingerprint density at radius 2 is 1.70 bits per heavy atom. The number of benzene rings is 1. The van der Waals surface area contributed by atoms with Crippen LogP contribution >= 0.6 is 0 Å². The minimum Gasteiger partial charge on any atom is -0.497 e. The van der Waals surface area contributed by atoms with Gasteiger partial charge in [-0.25, -0.2) is 0 Å². The number of ether oxygens (including phenoxy) is 1. The monoisotopic (exact) mass is 369 g/mol. The van der Waals surface area contributed by atoms with Gasteiger partial charge < -0.3 is 19.9 Å². The Balaban J connectivity index is 1.39. The van der Waals surface area contributed by atoms with Gasteiger partial charge in [-0.2, -0.15) is 5.10 Å². The largest absolute Gasteiger partial charge is 0.497 e. The van der Waals surface area contributed by atoms with Gasteiger partial charge in [0.2, 0.25) is 0 Å². The van der Waals surface area contributed by atoms with Gasteiger partial charge in [-0.1, -0.05) is 0 Å². The van der Waals surface area contributed by atoms with Crippen LogP contribution in [0.3, 0.4) is 0 Å². The molecule has 27 heavy (non-hydrogen) atoms. The van der Waals surface area contributed by atoms with Crippen molar-refractivity contribution in [2.24, 2.45) is 0 Å². The molecule has 0 atom stereocenters. The molecule has 0 spiro atoms. The van der Waals surface area contributed by atoms with E-state index in [1.54, 1.807) is 41.2 Å². The molecule has 0 aliphatic carbocycles. The van der Waals surface area contributed by atoms with Crippen molar-refractivity contribution >= 4 is 11.8 Å². The quantitative estimate of drug-likeness (QED) is 0.830. The molecule has 2 aromatic rings. The van der Waals surface area contributed by atoms with Crippen LogP contribution in [0.5, 0.6) is 5.75 Å². The number of nitrogens with zero attached hydrogens (tertiary/aromatic N) is 3. The van der Waals surface area contributed by atoms with Crippen molar-refractivity contribution in [1.29, 1.82) is 0 Å². The minimum absolute atomic E-state index is 0.0221. The highest BCUT2D eigenvalue weighted by molar-refractivity contribution is 5.96. The molecule has 2 aliphatic rings. The number of hydrogen-bond donors (Lipinski definition) is 2. The zero-order valence-electron chi connectivity index (χ0n) is 15.3. The van der Waals surface area contributed by atoms with Crippen molar-refractivity contribution < 1.29 is 14.3 Å². The number of piperazine rings is 1. The average Bonchev–Trinajstić information content (AvgIpc) is 3.17. The van der Waals surface area contributed by atoms with Crippen LogP contribution in [0, 0.1) is 0 Å². The Labute approximate surface area is 157 Å². The van der Waals surface area contributed by atoms with Crippen LogP contribution in [0.2, 0.25) is 0 Å². The maximum Gasteiger partial charge on any atom is 0.274 e. The predicted octanol–water partition coefficient (Wildman–Crippen LogP) is 0.662. The molecule has 4 rings (SSSR count). The lowest BCUT2D eigenvalue weighted by Crippen LogP contribution is -2.50. The van der Waals surface area contributed by atoms with Gasteiger partial charge >= 0.3 is 0 Å². The summed E-state index contributed by atoms with van der Waals surface area (Å²) >= 11 is 0. The van der Waals surface area contributed by atoms with Gasteiger partial charge in [0, 0.05) is 62.5 Å². The molecule has 8 heteroatoms. The molecule has 2 N–H and O–H groups in total. The molecule has 0 saturated carbocycles. The van der Waals surface area contributed by atoms with Crippen LogP contribution in [0.4, 0.5) is 0 Å². The number of fused-ring (bicyclic) bond motifs is 1. The number of methoxy groups -OCH3 is 1. The summed E-state index contributed by atoms with van der Waals surface area (Å²) in [4.78, 5) is 29.1. The molecule has 3 heterocycles. The predicted molar refractivity (Wildman–Crippen MR) is 98.8 cm³/mol. The van der Waals surface area contributed by atoms with E-state index >= 15 is 0 Å². The molecular formula is C19H23N5O3. The van der Waals surface area contributed by atoms with Gasteiger partial charge in [-0.05, 0) is 24.3 Å². The zero-order chi connectivity index (χ0) is 18.8. The fraction of sp³-hybridized carbons (Fsp3) is 0.421. The van der Waals surface area contributed by atoms with Crippen molar-refractivity contribution in [3.05, 3.63) is 46.8 Å². The number of rotatable bonds is 3. The van der Waals surface area contributed by atoms with E-state index in [4.69, 9.17) is 4.74 Å². The van der Waals surface area contributed by atoms with E-state index < -0.39 is 0 Å². The van der Waals surface area contributed by atoms with Crippen molar-refractivity contribution in [2.45, 2.75) is 13.0 Å². The first-order valence-corrected chi connectivity index (χ1v) is 9.17. The number of hydrogen-bond acceptors (Lipinski definition) is 5. The summed E-state index contributed by atoms with van der Waals surface area (Å²) < 4.78 is 5.13. The third kappa shape index (κ3) is 3.40. The Kier molecular flexibility index (Phi) is 4.81. The highest BCUT2D eigenvalue weighted by Gasteiger charge is 2.29. The fourth-order valence-corrected chi connectivity index (χ4v) is 3.58. The Hall–Kier alpha value is -2.87. The van der Waals surface area contributed by atoms with Gasteiger partial charge in [-0.15, -0.1) is 0 Å². The normalized spacial score (nSPS) is 16.8. The maximum absolute atomic E-state index is 12.8. The second kappa shape index (κ2) is 7.40. The van der Waals surface area contributed by atoms with Crippen LogP contribution in [-0.2, 0) is 13.0 Å². The lowest BCUT2D eigenvalue weighted by Gasteiger charge is -2.34. The standard InChI is InChI=1S/C19H23N5O3/c1-27-14-4-2-13(3-5-14)18(25)23-8-10-24(11-9-23)19(26)17-15-12-20-7-6-16(15)21-22-17/h2-5,20H,6-12H2,1H3,(H,21,22). The first kappa shape index (κ1) is 17.5. The number of nitrogens with one attached hydrogen (secondary N) is 2. The summed E-state index contributed by atoms with van der Waals surface area (Å²) in [5.74, 6) is 0.637. The average molecular weight is 369 g/mol. The van der Waals surface area contributed by atoms with Crippen LogP contribution in [0.15, 0.2) is 24.3 Å². The second-order valence-corrected chi connectivity index (χ2v) is 6.77. The molecule has 8 nitrogen and oxygen atoms in total. The first-order chi connectivity index (χ1) is 13.2. The lowest BCUT2D eigenvalue weighted by molar-refractivity contribution is 0.0531. The maximum atomic E-state index is 12.8. The summed E-state index contributed by atoms with van der Waals surface area (Å²) in [5.41, 5.74) is 3.16. The topological polar surface area (TPSA) is 90.6 Å². The van der Waals surface area contributed by atoms with Crippen molar-refractivity contribution in [3.63, 3.8) is 0 Å². The Morgan fingerprint density at radius 3 is 2.37 bits per heavy atom. The fourth-order valence-electron chi connectivity index (χ4n) is 3.58. The van der Waals surface area contributed by atoms with Crippen molar-refractivity contribution in [1.82, 2.24) is 25.3 Å². The molecule has 142 valence electrons. The van der Waals surface area contributed by atoms with E-state index in [2.05, 4.69) is 15.5 Å². The van der Waals surface area contributed by atoms with Crippen LogP contribution in [0.1, 0.15) is 32.1 Å². The number of aromatic amines is 1. The highest BCUT2D eigenvalue weighted by Crippen LogP contribution is 2.19. The van der Waals surface area contributed by atoms with E-state index in [9.17, 15) is 9.59 Å². The summed E-state index contributed by atoms with van der Waals surface area (Å²) in [6, 6.07) is 7.09. The SMILES string of the molecule is COc1ccc(C(=O)N2CCN(C(=O)c3n[nH]c4c3CNCC4)CC2)cc1. The number of aromatic nitrogens is 2. The van der Waals surface area contributed by atoms with Gasteiger partial charge in [0.1, 0.15) is 5.75 Å². The van der Waals surface area contributed by atoms with Crippen LogP contribution in [-0.4, -0.2) is 71.6 Å². The highest BCUT2D eigenvalue weighted by atomic mass is 16.5. The molecule has 1 aromatic carbocycles. The summed E-state index contributed by atoms with van der Waals surface area (Å²) in [6.07, 6.45) is 0.861. The molecule has 1 saturated heterocycles. The molecule has 0 unspecified atom stereocenters. The summed E-state index contributed by atoms with van der Waals surface area (Å²) in [6.45, 7) is 3.62. The molecule has 2 aliphatic heterocycles. The second-order valence-electron chi connectivity index (χ2n) is 6.77. The van der Waals surface area contributed by atoms with Crippen LogP contribution < -0.4 is 10.1 Å². The summed E-state index contributed by atoms with van der Waals surface area (Å²) in [7, 11) is 1.60. The molecule has 1 aromatic heterocycles. The Bertz CT molecular complexity index is 838. The molecule has 0 bridgehead atoms. The zero-order valence-corrected chi connectivity index (χ0v) is 15.3. The van der Waals surface area contributed by atoms with Gasteiger partial charge in [0.05, 0.1) is 7.11 Å². The van der Waals surface area contributed by atoms with Gasteiger partial charge in [-0.3, -0.25) is 14.7 Å². The molecule has 2 amide bonds.